The zero-order chi connectivity index (χ0) is 26.2. The highest BCUT2D eigenvalue weighted by Crippen LogP contribution is 2.59. The topological polar surface area (TPSA) is 85.4 Å². The van der Waals surface area contributed by atoms with Crippen LogP contribution in [0.5, 0.6) is 5.75 Å². The molecule has 4 aromatic rings. The molecule has 2 aromatic carbocycles. The van der Waals surface area contributed by atoms with E-state index in [1.165, 1.54) is 5.56 Å². The number of hydrogen-bond acceptors (Lipinski definition) is 6. The Hall–Kier alpha value is -3.84. The van der Waals surface area contributed by atoms with Crippen LogP contribution in [0.15, 0.2) is 83.9 Å². The van der Waals surface area contributed by atoms with Crippen molar-refractivity contribution in [1.82, 2.24) is 14.5 Å². The maximum absolute atomic E-state index is 12.1. The second-order valence-corrected chi connectivity index (χ2v) is 11.1. The van der Waals surface area contributed by atoms with E-state index in [1.54, 1.807) is 30.1 Å². The first-order valence-corrected chi connectivity index (χ1v) is 13.4. The number of nitrogen functional groups attached to an aromatic ring is 1. The van der Waals surface area contributed by atoms with E-state index >= 15 is 0 Å². The molecule has 1 aliphatic carbocycles. The van der Waals surface area contributed by atoms with Crippen LogP contribution in [0.3, 0.4) is 0 Å². The van der Waals surface area contributed by atoms with Gasteiger partial charge in [0, 0.05) is 66.0 Å². The molecule has 3 aliphatic rings. The van der Waals surface area contributed by atoms with Crippen LogP contribution in [0.1, 0.15) is 24.8 Å². The summed E-state index contributed by atoms with van der Waals surface area (Å²) in [4.78, 5) is 19.0. The van der Waals surface area contributed by atoms with Crippen molar-refractivity contribution in [3.8, 4) is 5.75 Å². The van der Waals surface area contributed by atoms with Crippen LogP contribution < -0.4 is 21.3 Å². The van der Waals surface area contributed by atoms with Crippen molar-refractivity contribution in [2.75, 3.05) is 37.3 Å². The summed E-state index contributed by atoms with van der Waals surface area (Å²) >= 11 is 0. The number of anilines is 2. The van der Waals surface area contributed by atoms with Crippen molar-refractivity contribution in [2.24, 2.45) is 12.5 Å². The molecule has 38 heavy (non-hydrogen) atoms. The second-order valence-electron chi connectivity index (χ2n) is 11.1. The number of rotatable bonds is 10. The maximum atomic E-state index is 12.1. The molecule has 3 fully saturated rings. The third-order valence-electron chi connectivity index (χ3n) is 8.41. The normalized spacial score (nSPS) is 22.3. The molecule has 3 N–H and O–H groups in total. The lowest BCUT2D eigenvalue weighted by atomic mass is 9.62. The zero-order valence-corrected chi connectivity index (χ0v) is 21.9. The molecule has 0 unspecified atom stereocenters. The number of pyridine rings is 2. The van der Waals surface area contributed by atoms with Crippen LogP contribution in [0.25, 0.3) is 10.8 Å². The van der Waals surface area contributed by atoms with Gasteiger partial charge in [-0.3, -0.25) is 9.69 Å². The molecule has 0 radical (unpaired) electrons. The number of nitrogens with zero attached hydrogens (tertiary/aromatic N) is 3. The number of nitrogens with one attached hydrogen (secondary N) is 1. The predicted molar refractivity (Wildman–Crippen MR) is 153 cm³/mol. The van der Waals surface area contributed by atoms with Crippen molar-refractivity contribution >= 4 is 22.3 Å². The van der Waals surface area contributed by atoms with E-state index in [0.717, 1.165) is 61.8 Å². The Balaban J connectivity index is 1.17. The van der Waals surface area contributed by atoms with Gasteiger partial charge in [0.1, 0.15) is 11.6 Å². The summed E-state index contributed by atoms with van der Waals surface area (Å²) in [7, 11) is 1.75. The lowest BCUT2D eigenvalue weighted by Gasteiger charge is -2.48. The van der Waals surface area contributed by atoms with Gasteiger partial charge in [0.05, 0.1) is 6.61 Å². The van der Waals surface area contributed by atoms with Crippen molar-refractivity contribution in [2.45, 2.75) is 31.2 Å². The smallest absolute Gasteiger partial charge is 0.253 e. The van der Waals surface area contributed by atoms with Crippen LogP contribution in [0.4, 0.5) is 11.5 Å². The molecule has 4 heterocycles. The van der Waals surface area contributed by atoms with Crippen molar-refractivity contribution in [1.29, 1.82) is 0 Å². The fourth-order valence-corrected chi connectivity index (χ4v) is 6.57. The van der Waals surface area contributed by atoms with Crippen LogP contribution in [0, 0.1) is 5.41 Å². The quantitative estimate of drug-likeness (QED) is 0.328. The predicted octanol–water partition coefficient (Wildman–Crippen LogP) is 4.47. The average molecular weight is 510 g/mol. The first-order chi connectivity index (χ1) is 18.5. The Morgan fingerprint density at radius 2 is 1.89 bits per heavy atom. The van der Waals surface area contributed by atoms with Gasteiger partial charge in [0.25, 0.3) is 5.56 Å². The Bertz CT molecular complexity index is 1490. The van der Waals surface area contributed by atoms with E-state index in [1.807, 2.05) is 24.3 Å². The van der Waals surface area contributed by atoms with Gasteiger partial charge in [-0.25, -0.2) is 4.98 Å². The average Bonchev–Trinajstić information content (AvgIpc) is 3.38. The monoisotopic (exact) mass is 509 g/mol. The summed E-state index contributed by atoms with van der Waals surface area (Å²) in [6, 6.07) is 22.4. The first-order valence-electron chi connectivity index (χ1n) is 13.4. The van der Waals surface area contributed by atoms with Crippen molar-refractivity contribution in [3.63, 3.8) is 0 Å². The van der Waals surface area contributed by atoms with Gasteiger partial charge in [0.15, 0.2) is 0 Å². The third-order valence-corrected chi connectivity index (χ3v) is 8.41. The molecule has 196 valence electrons. The van der Waals surface area contributed by atoms with Crippen LogP contribution in [-0.4, -0.2) is 46.2 Å². The number of hydrogen-bond donors (Lipinski definition) is 2. The molecule has 0 amide bonds. The van der Waals surface area contributed by atoms with Gasteiger partial charge in [-0.1, -0.05) is 42.5 Å². The third kappa shape index (κ3) is 4.63. The summed E-state index contributed by atoms with van der Waals surface area (Å²) in [6.07, 6.45) is 7.90. The molecule has 2 aromatic heterocycles. The molecule has 2 saturated heterocycles. The van der Waals surface area contributed by atoms with E-state index in [2.05, 4.69) is 51.6 Å². The number of ether oxygens (including phenoxy) is 1. The fraction of sp³-hybridized carbons (Fsp3) is 0.355. The minimum Gasteiger partial charge on any atom is -0.493 e. The highest BCUT2D eigenvalue weighted by molar-refractivity contribution is 5.99. The summed E-state index contributed by atoms with van der Waals surface area (Å²) in [6.45, 7) is 3.57. The molecular weight excluding hydrogens is 474 g/mol. The first kappa shape index (κ1) is 24.5. The van der Waals surface area contributed by atoms with Gasteiger partial charge in [0.2, 0.25) is 0 Å². The SMILES string of the molecule is Cn1ccc(OCC23CN(CCCc4ccccc4)C(CNc4cccc5c(N)nccc45)(C2)C3)cc1=O. The lowest BCUT2D eigenvalue weighted by Crippen LogP contribution is -2.55. The molecule has 2 aliphatic heterocycles. The fourth-order valence-electron chi connectivity index (χ4n) is 6.57. The van der Waals surface area contributed by atoms with Gasteiger partial charge in [-0.15, -0.1) is 0 Å². The van der Waals surface area contributed by atoms with Crippen LogP contribution in [-0.2, 0) is 13.5 Å². The highest BCUT2D eigenvalue weighted by Gasteiger charge is 2.64. The number of aryl methyl sites for hydroxylation is 2. The highest BCUT2D eigenvalue weighted by atomic mass is 16.5. The molecule has 2 bridgehead atoms. The lowest BCUT2D eigenvalue weighted by molar-refractivity contribution is 0.0373. The van der Waals surface area contributed by atoms with E-state index in [9.17, 15) is 4.79 Å². The van der Waals surface area contributed by atoms with E-state index < -0.39 is 0 Å². The molecule has 7 heteroatoms. The maximum Gasteiger partial charge on any atom is 0.253 e. The van der Waals surface area contributed by atoms with Crippen LogP contribution in [0.2, 0.25) is 0 Å². The van der Waals surface area contributed by atoms with Gasteiger partial charge in [-0.2, -0.15) is 0 Å². The van der Waals surface area contributed by atoms with Crippen molar-refractivity contribution < 1.29 is 4.74 Å². The summed E-state index contributed by atoms with van der Waals surface area (Å²) < 4.78 is 7.75. The largest absolute Gasteiger partial charge is 0.493 e. The van der Waals surface area contributed by atoms with Gasteiger partial charge in [-0.05, 0) is 56.0 Å². The Morgan fingerprint density at radius 3 is 2.71 bits per heavy atom. The number of aromatic nitrogens is 2. The Labute approximate surface area is 223 Å². The molecular formula is C31H35N5O2. The summed E-state index contributed by atoms with van der Waals surface area (Å²) in [5, 5.41) is 5.85. The number of nitrogens with two attached hydrogens (primary N) is 1. The van der Waals surface area contributed by atoms with E-state index in [-0.39, 0.29) is 16.5 Å². The number of fused-ring (bicyclic) bond motifs is 2. The zero-order valence-electron chi connectivity index (χ0n) is 21.9. The molecule has 7 nitrogen and oxygen atoms in total. The van der Waals surface area contributed by atoms with Crippen molar-refractivity contribution in [3.05, 3.63) is 95.0 Å². The van der Waals surface area contributed by atoms with Gasteiger partial charge >= 0.3 is 0 Å². The van der Waals surface area contributed by atoms with Gasteiger partial charge < -0.3 is 20.4 Å². The Kier molecular flexibility index (Phi) is 6.32. The van der Waals surface area contributed by atoms with Crippen LogP contribution >= 0.6 is 0 Å². The molecule has 0 spiro atoms. The minimum atomic E-state index is -0.0490. The second kappa shape index (κ2) is 9.80. The molecule has 7 rings (SSSR count). The standard InChI is InChI=1S/C31H35N5O2/c1-35-16-13-24(17-28(35)37)38-22-30-18-31(19-30,36(21-30)15-6-9-23-7-3-2-4-8-23)20-34-27-11-5-10-26-25(27)12-14-33-29(26)32/h2-5,7-8,10-14,16-17,34H,6,9,15,18-22H2,1H3,(H2,32,33). The molecule has 1 saturated carbocycles. The number of benzene rings is 2. The molecule has 0 atom stereocenters. The summed E-state index contributed by atoms with van der Waals surface area (Å²) in [5.41, 5.74) is 8.77. The van der Waals surface area contributed by atoms with E-state index in [0.29, 0.717) is 18.2 Å². The summed E-state index contributed by atoms with van der Waals surface area (Å²) in [5.74, 6) is 1.21. The van der Waals surface area contributed by atoms with E-state index in [4.69, 9.17) is 10.5 Å². The minimum absolute atomic E-state index is 0.0490. The Morgan fingerprint density at radius 1 is 1.05 bits per heavy atom.